The molecule has 0 fully saturated rings. The van der Waals surface area contributed by atoms with E-state index in [9.17, 15) is 4.79 Å². The maximum Gasteiger partial charge on any atom is 0.250 e. The van der Waals surface area contributed by atoms with Crippen molar-refractivity contribution in [3.8, 4) is 0 Å². The fraction of sp³-hybridized carbons (Fsp3) is 0.583. The first kappa shape index (κ1) is 12.9. The summed E-state index contributed by atoms with van der Waals surface area (Å²) >= 11 is 0. The van der Waals surface area contributed by atoms with Crippen LogP contribution in [0.1, 0.15) is 6.42 Å². The highest BCUT2D eigenvalue weighted by Crippen LogP contribution is 1.83. The second-order valence-corrected chi connectivity index (χ2v) is 4.14. The Morgan fingerprint density at radius 1 is 1.31 bits per heavy atom. The Hall–Kier alpha value is -1.13. The topological polar surface area (TPSA) is 37.3 Å². The van der Waals surface area contributed by atoms with Gasteiger partial charge in [-0.05, 0) is 39.7 Å². The van der Waals surface area contributed by atoms with Gasteiger partial charge in [0.1, 0.15) is 0 Å². The summed E-state index contributed by atoms with van der Waals surface area (Å²) in [6, 6.07) is 5.24. The van der Waals surface area contributed by atoms with Gasteiger partial charge in [0, 0.05) is 25.4 Å². The number of rotatable bonds is 7. The van der Waals surface area contributed by atoms with Crippen molar-refractivity contribution in [1.82, 2.24) is 14.8 Å². The number of nitrogens with one attached hydrogen (secondary N) is 1. The molecule has 4 heteroatoms. The maximum atomic E-state index is 11.4. The smallest absolute Gasteiger partial charge is 0.250 e. The summed E-state index contributed by atoms with van der Waals surface area (Å²) in [7, 11) is 4.15. The van der Waals surface area contributed by atoms with Gasteiger partial charge in [-0.2, -0.15) is 0 Å². The summed E-state index contributed by atoms with van der Waals surface area (Å²) in [5.74, 6) is 0. The van der Waals surface area contributed by atoms with Crippen LogP contribution in [0.4, 0.5) is 0 Å². The third kappa shape index (κ3) is 5.09. The van der Waals surface area contributed by atoms with Crippen molar-refractivity contribution in [1.29, 1.82) is 0 Å². The lowest BCUT2D eigenvalue weighted by Gasteiger charge is -2.10. The number of aromatic nitrogens is 1. The lowest BCUT2D eigenvalue weighted by Crippen LogP contribution is -2.27. The summed E-state index contributed by atoms with van der Waals surface area (Å²) in [6.45, 7) is 3.68. The van der Waals surface area contributed by atoms with Crippen molar-refractivity contribution >= 4 is 0 Å². The van der Waals surface area contributed by atoms with E-state index in [0.717, 1.165) is 32.6 Å². The van der Waals surface area contributed by atoms with Gasteiger partial charge >= 0.3 is 0 Å². The molecule has 1 N–H and O–H groups in total. The molecule has 0 aliphatic heterocycles. The molecule has 0 spiro atoms. The van der Waals surface area contributed by atoms with Crippen LogP contribution in [0.2, 0.25) is 0 Å². The zero-order valence-electron chi connectivity index (χ0n) is 10.1. The fourth-order valence-corrected chi connectivity index (χ4v) is 1.49. The van der Waals surface area contributed by atoms with Crippen LogP contribution in [0.5, 0.6) is 0 Å². The first-order valence-corrected chi connectivity index (χ1v) is 5.71. The predicted octanol–water partition coefficient (Wildman–Crippen LogP) is 0.390. The Balaban J connectivity index is 2.12. The summed E-state index contributed by atoms with van der Waals surface area (Å²) in [6.07, 6.45) is 2.96. The average molecular weight is 223 g/mol. The molecule has 0 bridgehead atoms. The van der Waals surface area contributed by atoms with Crippen LogP contribution < -0.4 is 10.9 Å². The van der Waals surface area contributed by atoms with E-state index >= 15 is 0 Å². The Labute approximate surface area is 96.9 Å². The van der Waals surface area contributed by atoms with Gasteiger partial charge in [-0.1, -0.05) is 6.07 Å². The van der Waals surface area contributed by atoms with E-state index in [1.165, 1.54) is 0 Å². The molecule has 0 radical (unpaired) electrons. The van der Waals surface area contributed by atoms with Gasteiger partial charge in [0.25, 0.3) is 5.56 Å². The van der Waals surface area contributed by atoms with Crippen molar-refractivity contribution < 1.29 is 0 Å². The molecule has 1 heterocycles. The van der Waals surface area contributed by atoms with Gasteiger partial charge in [0.15, 0.2) is 0 Å². The molecule has 1 aromatic rings. The van der Waals surface area contributed by atoms with Crippen molar-refractivity contribution in [3.63, 3.8) is 0 Å². The minimum absolute atomic E-state index is 0.0672. The van der Waals surface area contributed by atoms with Gasteiger partial charge in [0.2, 0.25) is 0 Å². The Bertz CT molecular complexity index is 346. The SMILES string of the molecule is CN(C)CCCNCCn1ccccc1=O. The number of hydrogen-bond acceptors (Lipinski definition) is 3. The molecular formula is C12H21N3O. The molecule has 0 aromatic carbocycles. The lowest BCUT2D eigenvalue weighted by molar-refractivity contribution is 0.393. The van der Waals surface area contributed by atoms with Gasteiger partial charge in [-0.3, -0.25) is 4.79 Å². The molecule has 90 valence electrons. The molecule has 0 saturated heterocycles. The normalized spacial score (nSPS) is 10.9. The van der Waals surface area contributed by atoms with Gasteiger partial charge in [-0.15, -0.1) is 0 Å². The van der Waals surface area contributed by atoms with E-state index in [1.807, 2.05) is 12.3 Å². The summed E-state index contributed by atoms with van der Waals surface area (Å²) in [5, 5.41) is 3.33. The van der Waals surface area contributed by atoms with Crippen LogP contribution in [0.25, 0.3) is 0 Å². The standard InChI is InChI=1S/C12H21N3O/c1-14(2)9-5-7-13-8-11-15-10-4-3-6-12(15)16/h3-4,6,10,13H,5,7-9,11H2,1-2H3. The Morgan fingerprint density at radius 2 is 2.12 bits per heavy atom. The maximum absolute atomic E-state index is 11.4. The minimum Gasteiger partial charge on any atom is -0.315 e. The largest absolute Gasteiger partial charge is 0.315 e. The van der Waals surface area contributed by atoms with Crippen LogP contribution in [-0.2, 0) is 6.54 Å². The molecule has 4 nitrogen and oxygen atoms in total. The second-order valence-electron chi connectivity index (χ2n) is 4.14. The third-order valence-electron chi connectivity index (χ3n) is 2.39. The fourth-order valence-electron chi connectivity index (χ4n) is 1.49. The second kappa shape index (κ2) is 7.19. The highest BCUT2D eigenvalue weighted by Gasteiger charge is 1.94. The van der Waals surface area contributed by atoms with Crippen LogP contribution in [0.15, 0.2) is 29.2 Å². The molecule has 0 aliphatic carbocycles. The van der Waals surface area contributed by atoms with E-state index in [-0.39, 0.29) is 5.56 Å². The first-order valence-electron chi connectivity index (χ1n) is 5.71. The summed E-state index contributed by atoms with van der Waals surface area (Å²) in [5.41, 5.74) is 0.0672. The van der Waals surface area contributed by atoms with Crippen molar-refractivity contribution in [3.05, 3.63) is 34.7 Å². The van der Waals surface area contributed by atoms with Crippen LogP contribution in [0.3, 0.4) is 0 Å². The number of hydrogen-bond donors (Lipinski definition) is 1. The molecule has 0 aliphatic rings. The van der Waals surface area contributed by atoms with Crippen molar-refractivity contribution in [2.24, 2.45) is 0 Å². The van der Waals surface area contributed by atoms with Crippen molar-refractivity contribution in [2.75, 3.05) is 33.7 Å². The average Bonchev–Trinajstić information content (AvgIpc) is 2.25. The molecule has 0 atom stereocenters. The Kier molecular flexibility index (Phi) is 5.82. The monoisotopic (exact) mass is 223 g/mol. The Morgan fingerprint density at radius 3 is 2.81 bits per heavy atom. The number of nitrogens with zero attached hydrogens (tertiary/aromatic N) is 2. The molecule has 0 saturated carbocycles. The highest BCUT2D eigenvalue weighted by atomic mass is 16.1. The van der Waals surface area contributed by atoms with E-state index in [2.05, 4.69) is 24.3 Å². The number of pyridine rings is 1. The molecule has 16 heavy (non-hydrogen) atoms. The first-order chi connectivity index (χ1) is 7.70. The van der Waals surface area contributed by atoms with E-state index in [0.29, 0.717) is 0 Å². The minimum atomic E-state index is 0.0672. The van der Waals surface area contributed by atoms with Gasteiger partial charge < -0.3 is 14.8 Å². The highest BCUT2D eigenvalue weighted by molar-refractivity contribution is 4.93. The molecule has 1 aromatic heterocycles. The van der Waals surface area contributed by atoms with E-state index in [4.69, 9.17) is 0 Å². The molecule has 0 amide bonds. The van der Waals surface area contributed by atoms with E-state index in [1.54, 1.807) is 16.7 Å². The van der Waals surface area contributed by atoms with Gasteiger partial charge in [0.05, 0.1) is 0 Å². The summed E-state index contributed by atoms with van der Waals surface area (Å²) < 4.78 is 1.72. The van der Waals surface area contributed by atoms with Crippen LogP contribution in [-0.4, -0.2) is 43.2 Å². The molecule has 0 unspecified atom stereocenters. The van der Waals surface area contributed by atoms with Crippen LogP contribution in [0, 0.1) is 0 Å². The van der Waals surface area contributed by atoms with E-state index < -0.39 is 0 Å². The zero-order chi connectivity index (χ0) is 11.8. The summed E-state index contributed by atoms with van der Waals surface area (Å²) in [4.78, 5) is 13.5. The zero-order valence-corrected chi connectivity index (χ0v) is 10.1. The molecule has 1 rings (SSSR count). The lowest BCUT2D eigenvalue weighted by atomic mass is 10.4. The predicted molar refractivity (Wildman–Crippen MR) is 66.7 cm³/mol. The van der Waals surface area contributed by atoms with Crippen molar-refractivity contribution in [2.45, 2.75) is 13.0 Å². The quantitative estimate of drug-likeness (QED) is 0.679. The third-order valence-corrected chi connectivity index (χ3v) is 2.39. The van der Waals surface area contributed by atoms with Gasteiger partial charge in [-0.25, -0.2) is 0 Å². The molecular weight excluding hydrogens is 202 g/mol. The van der Waals surface area contributed by atoms with Crippen LogP contribution >= 0.6 is 0 Å².